The number of carbonyl (C=O) groups excluding carboxylic acids is 1. The summed E-state index contributed by atoms with van der Waals surface area (Å²) in [6.45, 7) is 3.38. The van der Waals surface area contributed by atoms with Gasteiger partial charge in [0.2, 0.25) is 5.91 Å². The second-order valence-electron chi connectivity index (χ2n) is 5.99. The lowest BCUT2D eigenvalue weighted by atomic mass is 10.1. The van der Waals surface area contributed by atoms with Gasteiger partial charge in [-0.25, -0.2) is 0 Å². The maximum Gasteiger partial charge on any atom is 0.230 e. The number of nitrogens with one attached hydrogen (secondary N) is 1. The van der Waals surface area contributed by atoms with Crippen LogP contribution in [0.5, 0.6) is 5.75 Å². The number of carbonyl (C=O) groups is 1. The fourth-order valence-electron chi connectivity index (χ4n) is 2.47. The van der Waals surface area contributed by atoms with Crippen molar-refractivity contribution in [3.05, 3.63) is 60.2 Å². The van der Waals surface area contributed by atoms with E-state index in [2.05, 4.69) is 10.2 Å². The van der Waals surface area contributed by atoms with Crippen LogP contribution in [0.2, 0.25) is 0 Å². The van der Waals surface area contributed by atoms with Crippen LogP contribution in [-0.4, -0.2) is 43.8 Å². The lowest BCUT2D eigenvalue weighted by Crippen LogP contribution is -2.36. The Kier molecular flexibility index (Phi) is 7.82. The zero-order chi connectivity index (χ0) is 18.1. The monoisotopic (exact) mass is 358 g/mol. The van der Waals surface area contributed by atoms with Crippen molar-refractivity contribution in [2.45, 2.75) is 17.9 Å². The van der Waals surface area contributed by atoms with Gasteiger partial charge in [0.05, 0.1) is 18.4 Å². The molecule has 0 bridgehead atoms. The summed E-state index contributed by atoms with van der Waals surface area (Å²) in [5, 5.41) is 3.14. The fraction of sp³-hybridized carbons (Fsp3) is 0.350. The topological polar surface area (TPSA) is 41.6 Å². The number of likely N-dealkylation sites (N-methyl/N-ethyl adjacent to an activating group) is 1. The molecule has 1 N–H and O–H groups in total. The predicted octanol–water partition coefficient (Wildman–Crippen LogP) is 3.60. The predicted molar refractivity (Wildman–Crippen MR) is 104 cm³/mol. The van der Waals surface area contributed by atoms with Crippen molar-refractivity contribution in [3.63, 3.8) is 0 Å². The van der Waals surface area contributed by atoms with E-state index in [0.29, 0.717) is 12.4 Å². The van der Waals surface area contributed by atoms with Gasteiger partial charge in [-0.2, -0.15) is 0 Å². The van der Waals surface area contributed by atoms with Crippen molar-refractivity contribution in [1.29, 1.82) is 0 Å². The largest absolute Gasteiger partial charge is 0.494 e. The van der Waals surface area contributed by atoms with Crippen LogP contribution in [0.3, 0.4) is 0 Å². The molecule has 0 aliphatic carbocycles. The van der Waals surface area contributed by atoms with Gasteiger partial charge in [-0.15, -0.1) is 11.8 Å². The molecule has 1 amide bonds. The number of ether oxygens (including phenoxy) is 1. The minimum absolute atomic E-state index is 0.00960. The number of thioether (sulfide) groups is 1. The summed E-state index contributed by atoms with van der Waals surface area (Å²) < 4.78 is 5.43. The van der Waals surface area contributed by atoms with Crippen LogP contribution in [0.25, 0.3) is 0 Å². The molecule has 0 aliphatic heterocycles. The van der Waals surface area contributed by atoms with E-state index < -0.39 is 0 Å². The molecule has 0 aromatic heterocycles. The smallest absolute Gasteiger partial charge is 0.230 e. The summed E-state index contributed by atoms with van der Waals surface area (Å²) in [7, 11) is 4.02. The van der Waals surface area contributed by atoms with Gasteiger partial charge in [-0.3, -0.25) is 4.79 Å². The first-order chi connectivity index (χ1) is 12.1. The van der Waals surface area contributed by atoms with Crippen molar-refractivity contribution in [2.75, 3.05) is 33.0 Å². The number of hydrogen-bond acceptors (Lipinski definition) is 4. The molecule has 0 saturated carbocycles. The maximum absolute atomic E-state index is 12.4. The summed E-state index contributed by atoms with van der Waals surface area (Å²) in [4.78, 5) is 15.5. The van der Waals surface area contributed by atoms with E-state index in [1.165, 1.54) is 11.8 Å². The molecule has 0 radical (unpaired) electrons. The van der Waals surface area contributed by atoms with Crippen molar-refractivity contribution in [1.82, 2.24) is 10.2 Å². The van der Waals surface area contributed by atoms with Crippen LogP contribution in [0.1, 0.15) is 18.5 Å². The number of hydrogen-bond donors (Lipinski definition) is 1. The standard InChI is InChI=1S/C20H26N2O2S/c1-4-24-17-10-12-18(13-11-17)25-15-20(23)21-19(14-22(2)3)16-8-6-5-7-9-16/h5-13,19H,4,14-15H2,1-3H3,(H,21,23)/t19-/m1/s1. The summed E-state index contributed by atoms with van der Waals surface area (Å²) in [6, 6.07) is 17.9. The van der Waals surface area contributed by atoms with E-state index in [1.807, 2.05) is 75.6 Å². The number of benzene rings is 2. The second kappa shape index (κ2) is 10.1. The third-order valence-corrected chi connectivity index (χ3v) is 4.60. The molecule has 0 spiro atoms. The molecule has 0 saturated heterocycles. The van der Waals surface area contributed by atoms with E-state index in [0.717, 1.165) is 22.8 Å². The van der Waals surface area contributed by atoms with Gasteiger partial charge in [0, 0.05) is 11.4 Å². The molecular weight excluding hydrogens is 332 g/mol. The molecule has 25 heavy (non-hydrogen) atoms. The highest BCUT2D eigenvalue weighted by molar-refractivity contribution is 8.00. The molecule has 1 atom stereocenters. The number of amides is 1. The van der Waals surface area contributed by atoms with Crippen molar-refractivity contribution in [2.24, 2.45) is 0 Å². The summed E-state index contributed by atoms with van der Waals surface area (Å²) in [6.07, 6.45) is 0. The van der Waals surface area contributed by atoms with E-state index in [9.17, 15) is 4.79 Å². The molecule has 0 unspecified atom stereocenters. The van der Waals surface area contributed by atoms with Gasteiger partial charge in [-0.1, -0.05) is 30.3 Å². The Morgan fingerprint density at radius 2 is 1.80 bits per heavy atom. The Hall–Kier alpha value is -1.98. The molecule has 134 valence electrons. The Morgan fingerprint density at radius 3 is 2.40 bits per heavy atom. The molecule has 2 aromatic carbocycles. The Labute approximate surface area is 154 Å². The summed E-state index contributed by atoms with van der Waals surface area (Å²) >= 11 is 1.53. The zero-order valence-corrected chi connectivity index (χ0v) is 15.9. The van der Waals surface area contributed by atoms with E-state index >= 15 is 0 Å². The normalized spacial score (nSPS) is 12.0. The van der Waals surface area contributed by atoms with Gasteiger partial charge in [-0.05, 0) is 50.8 Å². The minimum Gasteiger partial charge on any atom is -0.494 e. The van der Waals surface area contributed by atoms with Crippen molar-refractivity contribution in [3.8, 4) is 5.75 Å². The molecule has 2 aromatic rings. The third kappa shape index (κ3) is 6.80. The Morgan fingerprint density at radius 1 is 1.12 bits per heavy atom. The molecule has 0 aliphatic rings. The van der Waals surface area contributed by atoms with Gasteiger partial charge >= 0.3 is 0 Å². The van der Waals surface area contributed by atoms with Crippen LogP contribution < -0.4 is 10.1 Å². The lowest BCUT2D eigenvalue weighted by Gasteiger charge is -2.22. The average molecular weight is 359 g/mol. The molecular formula is C20H26N2O2S. The molecule has 0 fully saturated rings. The van der Waals surface area contributed by atoms with Gasteiger partial charge in [0.1, 0.15) is 5.75 Å². The maximum atomic E-state index is 12.4. The van der Waals surface area contributed by atoms with E-state index in [-0.39, 0.29) is 11.9 Å². The van der Waals surface area contributed by atoms with Gasteiger partial charge < -0.3 is 15.0 Å². The van der Waals surface area contributed by atoms with E-state index in [4.69, 9.17) is 4.74 Å². The highest BCUT2D eigenvalue weighted by Gasteiger charge is 2.15. The van der Waals surface area contributed by atoms with Crippen LogP contribution >= 0.6 is 11.8 Å². The highest BCUT2D eigenvalue weighted by atomic mass is 32.2. The average Bonchev–Trinajstić information content (AvgIpc) is 2.61. The van der Waals surface area contributed by atoms with Gasteiger partial charge in [0.25, 0.3) is 0 Å². The lowest BCUT2D eigenvalue weighted by molar-refractivity contribution is -0.119. The minimum atomic E-state index is -0.00960. The Bertz CT molecular complexity index is 645. The molecule has 5 heteroatoms. The summed E-state index contributed by atoms with van der Waals surface area (Å²) in [5.74, 6) is 1.28. The zero-order valence-electron chi connectivity index (χ0n) is 15.1. The van der Waals surface area contributed by atoms with Crippen LogP contribution in [0.15, 0.2) is 59.5 Å². The second-order valence-corrected chi connectivity index (χ2v) is 7.03. The number of rotatable bonds is 9. The third-order valence-electron chi connectivity index (χ3n) is 3.59. The first kappa shape index (κ1) is 19.3. The quantitative estimate of drug-likeness (QED) is 0.696. The Balaban J connectivity index is 1.90. The molecule has 4 nitrogen and oxygen atoms in total. The molecule has 2 rings (SSSR count). The highest BCUT2D eigenvalue weighted by Crippen LogP contribution is 2.22. The van der Waals surface area contributed by atoms with Crippen molar-refractivity contribution < 1.29 is 9.53 Å². The SMILES string of the molecule is CCOc1ccc(SCC(=O)N[C@H](CN(C)C)c2ccccc2)cc1. The fourth-order valence-corrected chi connectivity index (χ4v) is 3.18. The van der Waals surface area contributed by atoms with E-state index in [1.54, 1.807) is 0 Å². The number of nitrogens with zero attached hydrogens (tertiary/aromatic N) is 1. The van der Waals surface area contributed by atoms with Crippen molar-refractivity contribution >= 4 is 17.7 Å². The van der Waals surface area contributed by atoms with Crippen LogP contribution in [0, 0.1) is 0 Å². The first-order valence-electron chi connectivity index (χ1n) is 8.43. The first-order valence-corrected chi connectivity index (χ1v) is 9.41. The van der Waals surface area contributed by atoms with Crippen LogP contribution in [0.4, 0.5) is 0 Å². The summed E-state index contributed by atoms with van der Waals surface area (Å²) in [5.41, 5.74) is 1.12. The van der Waals surface area contributed by atoms with Gasteiger partial charge in [0.15, 0.2) is 0 Å². The molecule has 0 heterocycles. The van der Waals surface area contributed by atoms with Crippen LogP contribution in [-0.2, 0) is 4.79 Å².